The van der Waals surface area contributed by atoms with Crippen molar-refractivity contribution >= 4 is 50.3 Å². The molecule has 1 heterocycles. The zero-order chi connectivity index (χ0) is 30.4. The highest BCUT2D eigenvalue weighted by Gasteiger charge is 2.24. The minimum Gasteiger partial charge on any atom is -0.490 e. The first-order chi connectivity index (χ1) is 20.1. The molecule has 0 saturated carbocycles. The molecule has 0 aliphatic carbocycles. The Morgan fingerprint density at radius 3 is 2.57 bits per heavy atom. The van der Waals surface area contributed by atoms with Crippen LogP contribution in [-0.2, 0) is 4.79 Å². The maximum atomic E-state index is 13.4. The molecule has 3 aromatic carbocycles. The van der Waals surface area contributed by atoms with Crippen LogP contribution in [-0.4, -0.2) is 39.9 Å². The Labute approximate surface area is 250 Å². The highest BCUT2D eigenvalue weighted by Crippen LogP contribution is 2.38. The first kappa shape index (κ1) is 30.4. The molecule has 1 aromatic heterocycles. The van der Waals surface area contributed by atoms with Crippen molar-refractivity contribution in [2.45, 2.75) is 40.0 Å². The summed E-state index contributed by atoms with van der Waals surface area (Å²) in [6.07, 6.45) is 2.05. The van der Waals surface area contributed by atoms with Crippen molar-refractivity contribution in [3.05, 3.63) is 96.5 Å². The summed E-state index contributed by atoms with van der Waals surface area (Å²) in [6.45, 7) is 7.28. The molecule has 0 aliphatic rings. The average molecular weight is 637 g/mol. The van der Waals surface area contributed by atoms with Crippen LogP contribution in [0.3, 0.4) is 0 Å². The number of fused-ring (bicyclic) bond motifs is 1. The van der Waals surface area contributed by atoms with Gasteiger partial charge in [0.1, 0.15) is 5.82 Å². The number of nitro benzene ring substituents is 1. The Bertz CT molecular complexity index is 1720. The Balaban J connectivity index is 1.69. The van der Waals surface area contributed by atoms with Crippen LogP contribution in [0.1, 0.15) is 50.1 Å². The molecule has 0 unspecified atom stereocenters. The highest BCUT2D eigenvalue weighted by molar-refractivity contribution is 9.10. The number of nitro groups is 1. The van der Waals surface area contributed by atoms with E-state index < -0.39 is 23.1 Å². The van der Waals surface area contributed by atoms with Crippen LogP contribution in [0.15, 0.2) is 69.0 Å². The number of nitrogens with one attached hydrogen (secondary N) is 1. The van der Waals surface area contributed by atoms with E-state index in [-0.39, 0.29) is 35.1 Å². The van der Waals surface area contributed by atoms with Crippen molar-refractivity contribution in [1.29, 1.82) is 0 Å². The predicted octanol–water partition coefficient (Wildman–Crippen LogP) is 6.19. The third-order valence-electron chi connectivity index (χ3n) is 6.45. The van der Waals surface area contributed by atoms with E-state index in [1.54, 1.807) is 31.2 Å². The number of amides is 1. The quantitative estimate of drug-likeness (QED) is 0.118. The number of ether oxygens (including phenoxy) is 2. The van der Waals surface area contributed by atoms with Gasteiger partial charge in [-0.2, -0.15) is 9.78 Å². The van der Waals surface area contributed by atoms with Gasteiger partial charge < -0.3 is 14.8 Å². The second-order valence-corrected chi connectivity index (χ2v) is 10.5. The first-order valence-corrected chi connectivity index (χ1v) is 14.1. The van der Waals surface area contributed by atoms with Gasteiger partial charge in [0.05, 0.1) is 28.6 Å². The van der Waals surface area contributed by atoms with E-state index >= 15 is 0 Å². The number of benzene rings is 3. The van der Waals surface area contributed by atoms with E-state index in [1.807, 2.05) is 39.0 Å². The van der Waals surface area contributed by atoms with Crippen LogP contribution in [0, 0.1) is 17.0 Å². The Kier molecular flexibility index (Phi) is 9.68. The maximum absolute atomic E-state index is 13.4. The third-order valence-corrected chi connectivity index (χ3v) is 6.94. The second-order valence-electron chi connectivity index (χ2n) is 9.56. The first-order valence-electron chi connectivity index (χ1n) is 13.3. The number of aryl methyl sites for hydroxylation is 1. The van der Waals surface area contributed by atoms with Gasteiger partial charge >= 0.3 is 5.69 Å². The molecule has 11 nitrogen and oxygen atoms in total. The highest BCUT2D eigenvalue weighted by atomic mass is 79.9. The molecular formula is C30H30BrN5O6. The molecule has 12 heteroatoms. The maximum Gasteiger partial charge on any atom is 0.315 e. The van der Waals surface area contributed by atoms with Crippen LogP contribution >= 0.6 is 15.9 Å². The SMILES string of the molecule is CCOc1cc(C=Nn2c([C@H](C)CC)nc3ccc(Br)cc3c2=O)cc([N+](=O)[O-])c1OCC(=O)Nc1ccc(C)cc1. The zero-order valence-corrected chi connectivity index (χ0v) is 25.2. The van der Waals surface area contributed by atoms with Crippen molar-refractivity contribution in [2.75, 3.05) is 18.5 Å². The van der Waals surface area contributed by atoms with Gasteiger partial charge in [-0.1, -0.05) is 47.5 Å². The topological polar surface area (TPSA) is 138 Å². The van der Waals surface area contributed by atoms with Gasteiger partial charge in [0.25, 0.3) is 11.5 Å². The van der Waals surface area contributed by atoms with Crippen LogP contribution in [0.2, 0.25) is 0 Å². The number of halogens is 1. The van der Waals surface area contributed by atoms with E-state index in [1.165, 1.54) is 23.0 Å². The lowest BCUT2D eigenvalue weighted by Gasteiger charge is -2.14. The van der Waals surface area contributed by atoms with E-state index in [9.17, 15) is 19.7 Å². The average Bonchev–Trinajstić information content (AvgIpc) is 2.97. The standard InChI is InChI=1S/C30H30BrN5O6/c1-5-19(4)29-34-24-12-9-21(31)15-23(24)30(38)35(29)32-16-20-13-25(36(39)40)28(26(14-20)41-6-2)42-17-27(37)33-22-10-7-18(3)8-11-22/h7-16,19H,5-6,17H2,1-4H3,(H,33,37)/t19-/m1/s1. The lowest BCUT2D eigenvalue weighted by atomic mass is 10.1. The predicted molar refractivity (Wildman–Crippen MR) is 165 cm³/mol. The minimum absolute atomic E-state index is 0.0614. The van der Waals surface area contributed by atoms with Gasteiger partial charge in [0, 0.05) is 27.7 Å². The molecule has 4 aromatic rings. The lowest BCUT2D eigenvalue weighted by Crippen LogP contribution is -2.23. The summed E-state index contributed by atoms with van der Waals surface area (Å²) in [4.78, 5) is 42.0. The number of nitrogens with zero attached hydrogens (tertiary/aromatic N) is 4. The van der Waals surface area contributed by atoms with Crippen LogP contribution in [0.25, 0.3) is 10.9 Å². The van der Waals surface area contributed by atoms with Crippen LogP contribution in [0.5, 0.6) is 11.5 Å². The number of rotatable bonds is 11. The smallest absolute Gasteiger partial charge is 0.315 e. The number of carbonyl (C=O) groups is 1. The molecule has 42 heavy (non-hydrogen) atoms. The monoisotopic (exact) mass is 635 g/mol. The fourth-order valence-electron chi connectivity index (χ4n) is 4.10. The lowest BCUT2D eigenvalue weighted by molar-refractivity contribution is -0.385. The molecule has 0 radical (unpaired) electrons. The van der Waals surface area contributed by atoms with Crippen molar-refractivity contribution in [2.24, 2.45) is 5.10 Å². The Morgan fingerprint density at radius 1 is 1.17 bits per heavy atom. The summed E-state index contributed by atoms with van der Waals surface area (Å²) in [7, 11) is 0. The molecule has 1 N–H and O–H groups in total. The number of hydrogen-bond acceptors (Lipinski definition) is 8. The van der Waals surface area contributed by atoms with Gasteiger partial charge in [0.2, 0.25) is 5.75 Å². The van der Waals surface area contributed by atoms with Crippen molar-refractivity contribution in [3.63, 3.8) is 0 Å². The van der Waals surface area contributed by atoms with Gasteiger partial charge in [0.15, 0.2) is 12.4 Å². The second kappa shape index (κ2) is 13.4. The van der Waals surface area contributed by atoms with Crippen LogP contribution in [0.4, 0.5) is 11.4 Å². The van der Waals surface area contributed by atoms with Gasteiger partial charge in [-0.25, -0.2) is 4.98 Å². The Morgan fingerprint density at radius 2 is 1.90 bits per heavy atom. The Hall–Kier alpha value is -4.58. The third kappa shape index (κ3) is 7.00. The molecule has 0 spiro atoms. The number of hydrogen-bond donors (Lipinski definition) is 1. The van der Waals surface area contributed by atoms with E-state index in [4.69, 9.17) is 9.47 Å². The summed E-state index contributed by atoms with van der Waals surface area (Å²) in [5.74, 6) is -0.238. The summed E-state index contributed by atoms with van der Waals surface area (Å²) in [5, 5.41) is 19.5. The molecule has 4 rings (SSSR count). The molecule has 1 atom stereocenters. The van der Waals surface area contributed by atoms with Gasteiger partial charge in [-0.15, -0.1) is 0 Å². The molecule has 0 bridgehead atoms. The van der Waals surface area contributed by atoms with E-state index in [2.05, 4.69) is 31.3 Å². The van der Waals surface area contributed by atoms with Crippen molar-refractivity contribution < 1.29 is 19.2 Å². The number of anilines is 1. The van der Waals surface area contributed by atoms with Crippen LogP contribution < -0.4 is 20.3 Å². The van der Waals surface area contributed by atoms with Gasteiger partial charge in [-0.3, -0.25) is 19.7 Å². The largest absolute Gasteiger partial charge is 0.490 e. The summed E-state index contributed by atoms with van der Waals surface area (Å²) in [5.41, 5.74) is 1.66. The van der Waals surface area contributed by atoms with Crippen molar-refractivity contribution in [1.82, 2.24) is 9.66 Å². The van der Waals surface area contributed by atoms with Crippen molar-refractivity contribution in [3.8, 4) is 11.5 Å². The summed E-state index contributed by atoms with van der Waals surface area (Å²) < 4.78 is 13.2. The minimum atomic E-state index is -0.626. The molecule has 0 fully saturated rings. The summed E-state index contributed by atoms with van der Waals surface area (Å²) in [6, 6.07) is 15.2. The summed E-state index contributed by atoms with van der Waals surface area (Å²) >= 11 is 3.39. The normalized spacial score (nSPS) is 11.9. The van der Waals surface area contributed by atoms with E-state index in [0.717, 1.165) is 10.0 Å². The molecule has 0 aliphatic heterocycles. The molecule has 0 saturated heterocycles. The zero-order valence-electron chi connectivity index (χ0n) is 23.6. The van der Waals surface area contributed by atoms with E-state index in [0.29, 0.717) is 28.8 Å². The molecule has 1 amide bonds. The molecular weight excluding hydrogens is 606 g/mol. The molecule has 218 valence electrons. The fourth-order valence-corrected chi connectivity index (χ4v) is 4.46. The number of aromatic nitrogens is 2. The number of carbonyl (C=O) groups excluding carboxylic acids is 1. The van der Waals surface area contributed by atoms with Gasteiger partial charge in [-0.05, 0) is 56.7 Å². The fraction of sp³-hybridized carbons (Fsp3) is 0.267.